The van der Waals surface area contributed by atoms with Crippen LogP contribution in [0.25, 0.3) is 0 Å². The quantitative estimate of drug-likeness (QED) is 0.631. The van der Waals surface area contributed by atoms with E-state index in [-0.39, 0.29) is 24.7 Å². The van der Waals surface area contributed by atoms with E-state index in [4.69, 9.17) is 10.00 Å². The van der Waals surface area contributed by atoms with Gasteiger partial charge in [-0.05, 0) is 26.7 Å². The first-order chi connectivity index (χ1) is 6.69. The molecule has 0 aliphatic carbocycles. The molecule has 0 spiro atoms. The van der Waals surface area contributed by atoms with Crippen molar-refractivity contribution in [3.05, 3.63) is 0 Å². The van der Waals surface area contributed by atoms with Crippen LogP contribution in [0.5, 0.6) is 0 Å². The molecule has 4 nitrogen and oxygen atoms in total. The van der Waals surface area contributed by atoms with Crippen LogP contribution < -0.4 is 0 Å². The second-order valence-electron chi connectivity index (χ2n) is 3.52. The first-order valence-electron chi connectivity index (χ1n) is 5.00. The molecular formula is C10H16N2O2. The Hall–Kier alpha value is -1.08. The average molecular weight is 196 g/mol. The van der Waals surface area contributed by atoms with Crippen molar-refractivity contribution in [1.82, 2.24) is 4.90 Å². The third kappa shape index (κ3) is 2.46. The maximum atomic E-state index is 11.8. The highest BCUT2D eigenvalue weighted by Gasteiger charge is 2.30. The van der Waals surface area contributed by atoms with E-state index < -0.39 is 0 Å². The molecule has 0 saturated carbocycles. The summed E-state index contributed by atoms with van der Waals surface area (Å²) in [6.07, 6.45) is 1.56. The SMILES string of the molecule is CCN(CC#N)C(=O)C1CCC(C)O1. The maximum Gasteiger partial charge on any atom is 0.252 e. The molecule has 0 bridgehead atoms. The van der Waals surface area contributed by atoms with E-state index in [1.165, 1.54) is 4.90 Å². The lowest BCUT2D eigenvalue weighted by Crippen LogP contribution is -2.39. The first kappa shape index (κ1) is 11.0. The normalized spacial score (nSPS) is 25.8. The van der Waals surface area contributed by atoms with Gasteiger partial charge in [-0.2, -0.15) is 5.26 Å². The number of ether oxygens (including phenoxy) is 1. The van der Waals surface area contributed by atoms with Crippen molar-refractivity contribution >= 4 is 5.91 Å². The van der Waals surface area contributed by atoms with Crippen LogP contribution in [0, 0.1) is 11.3 Å². The molecule has 1 amide bonds. The third-order valence-corrected chi connectivity index (χ3v) is 2.46. The second-order valence-corrected chi connectivity index (χ2v) is 3.52. The Morgan fingerprint density at radius 3 is 2.79 bits per heavy atom. The van der Waals surface area contributed by atoms with Crippen LogP contribution in [0.3, 0.4) is 0 Å². The highest BCUT2D eigenvalue weighted by atomic mass is 16.5. The molecule has 1 heterocycles. The minimum Gasteiger partial charge on any atom is -0.365 e. The summed E-state index contributed by atoms with van der Waals surface area (Å²) in [5, 5.41) is 8.53. The molecule has 0 N–H and O–H groups in total. The Balaban J connectivity index is 2.51. The lowest BCUT2D eigenvalue weighted by Gasteiger charge is -2.21. The van der Waals surface area contributed by atoms with Crippen molar-refractivity contribution in [3.63, 3.8) is 0 Å². The molecule has 14 heavy (non-hydrogen) atoms. The van der Waals surface area contributed by atoms with E-state index in [2.05, 4.69) is 0 Å². The summed E-state index contributed by atoms with van der Waals surface area (Å²) in [6, 6.07) is 1.98. The van der Waals surface area contributed by atoms with Gasteiger partial charge in [0.15, 0.2) is 0 Å². The van der Waals surface area contributed by atoms with E-state index in [1.807, 2.05) is 19.9 Å². The molecule has 2 atom stereocenters. The highest BCUT2D eigenvalue weighted by molar-refractivity contribution is 5.81. The molecule has 1 aliphatic heterocycles. The number of hydrogen-bond acceptors (Lipinski definition) is 3. The largest absolute Gasteiger partial charge is 0.365 e. The van der Waals surface area contributed by atoms with Gasteiger partial charge in [0.05, 0.1) is 12.2 Å². The minimum atomic E-state index is -0.321. The van der Waals surface area contributed by atoms with Crippen LogP contribution in [-0.2, 0) is 9.53 Å². The van der Waals surface area contributed by atoms with E-state index in [9.17, 15) is 4.79 Å². The van der Waals surface area contributed by atoms with Crippen molar-refractivity contribution < 1.29 is 9.53 Å². The van der Waals surface area contributed by atoms with Crippen molar-refractivity contribution in [2.75, 3.05) is 13.1 Å². The topological polar surface area (TPSA) is 53.3 Å². The zero-order valence-corrected chi connectivity index (χ0v) is 8.69. The molecule has 0 aromatic heterocycles. The predicted octanol–water partition coefficient (Wildman–Crippen LogP) is 0.926. The highest BCUT2D eigenvalue weighted by Crippen LogP contribution is 2.20. The van der Waals surface area contributed by atoms with E-state index in [0.717, 1.165) is 12.8 Å². The average Bonchev–Trinajstić information content (AvgIpc) is 2.60. The van der Waals surface area contributed by atoms with Gasteiger partial charge in [0.1, 0.15) is 12.6 Å². The van der Waals surface area contributed by atoms with Gasteiger partial charge in [0, 0.05) is 6.54 Å². The van der Waals surface area contributed by atoms with Gasteiger partial charge in [-0.15, -0.1) is 0 Å². The van der Waals surface area contributed by atoms with Crippen LogP contribution in [0.15, 0.2) is 0 Å². The smallest absolute Gasteiger partial charge is 0.252 e. The van der Waals surface area contributed by atoms with Gasteiger partial charge in [0.25, 0.3) is 5.91 Å². The number of rotatable bonds is 3. The first-order valence-corrected chi connectivity index (χ1v) is 5.00. The number of carbonyl (C=O) groups is 1. The molecule has 2 unspecified atom stereocenters. The molecule has 1 aliphatic rings. The van der Waals surface area contributed by atoms with E-state index >= 15 is 0 Å². The number of carbonyl (C=O) groups excluding carboxylic acids is 1. The molecule has 0 aromatic carbocycles. The number of likely N-dealkylation sites (N-methyl/N-ethyl adjacent to an activating group) is 1. The van der Waals surface area contributed by atoms with Gasteiger partial charge in [-0.1, -0.05) is 0 Å². The Morgan fingerprint density at radius 2 is 2.36 bits per heavy atom. The fraction of sp³-hybridized carbons (Fsp3) is 0.800. The van der Waals surface area contributed by atoms with Crippen molar-refractivity contribution in [3.8, 4) is 6.07 Å². The molecule has 1 rings (SSSR count). The van der Waals surface area contributed by atoms with Crippen molar-refractivity contribution in [2.45, 2.75) is 38.9 Å². The lowest BCUT2D eigenvalue weighted by atomic mass is 10.2. The summed E-state index contributed by atoms with van der Waals surface area (Å²) in [7, 11) is 0. The Labute approximate surface area is 84.4 Å². The van der Waals surface area contributed by atoms with E-state index in [0.29, 0.717) is 6.54 Å². The fourth-order valence-corrected chi connectivity index (χ4v) is 1.62. The summed E-state index contributed by atoms with van der Waals surface area (Å²) in [6.45, 7) is 4.56. The molecule has 4 heteroatoms. The zero-order chi connectivity index (χ0) is 10.6. The fourth-order valence-electron chi connectivity index (χ4n) is 1.62. The summed E-state index contributed by atoms with van der Waals surface area (Å²) in [4.78, 5) is 13.3. The Morgan fingerprint density at radius 1 is 1.64 bits per heavy atom. The second kappa shape index (κ2) is 4.97. The number of amides is 1. The van der Waals surface area contributed by atoms with Crippen molar-refractivity contribution in [2.24, 2.45) is 0 Å². The summed E-state index contributed by atoms with van der Waals surface area (Å²) < 4.78 is 5.45. The Bertz CT molecular complexity index is 247. The Kier molecular flexibility index (Phi) is 3.90. The van der Waals surface area contributed by atoms with Gasteiger partial charge in [0.2, 0.25) is 0 Å². The van der Waals surface area contributed by atoms with Crippen LogP contribution in [0.4, 0.5) is 0 Å². The van der Waals surface area contributed by atoms with Crippen LogP contribution in [-0.4, -0.2) is 36.1 Å². The number of nitrogens with zero attached hydrogens (tertiary/aromatic N) is 2. The molecular weight excluding hydrogens is 180 g/mol. The van der Waals surface area contributed by atoms with Gasteiger partial charge in [-0.25, -0.2) is 0 Å². The minimum absolute atomic E-state index is 0.0431. The molecule has 1 fully saturated rings. The van der Waals surface area contributed by atoms with Crippen LogP contribution in [0.1, 0.15) is 26.7 Å². The molecule has 78 valence electrons. The zero-order valence-electron chi connectivity index (χ0n) is 8.69. The molecule has 1 saturated heterocycles. The molecule has 0 radical (unpaired) electrons. The van der Waals surface area contributed by atoms with Gasteiger partial charge >= 0.3 is 0 Å². The number of nitriles is 1. The standard InChI is InChI=1S/C10H16N2O2/c1-3-12(7-6-11)10(13)9-5-4-8(2)14-9/h8-9H,3-5,7H2,1-2H3. The van der Waals surface area contributed by atoms with Gasteiger partial charge in [-0.3, -0.25) is 4.79 Å². The van der Waals surface area contributed by atoms with Gasteiger partial charge < -0.3 is 9.64 Å². The lowest BCUT2D eigenvalue weighted by molar-refractivity contribution is -0.141. The summed E-state index contributed by atoms with van der Waals surface area (Å²) in [5.41, 5.74) is 0. The van der Waals surface area contributed by atoms with E-state index in [1.54, 1.807) is 0 Å². The summed E-state index contributed by atoms with van der Waals surface area (Å²) >= 11 is 0. The third-order valence-electron chi connectivity index (χ3n) is 2.46. The van der Waals surface area contributed by atoms with Crippen LogP contribution in [0.2, 0.25) is 0 Å². The number of hydrogen-bond donors (Lipinski definition) is 0. The predicted molar refractivity (Wildman–Crippen MR) is 51.4 cm³/mol. The van der Waals surface area contributed by atoms with Crippen molar-refractivity contribution in [1.29, 1.82) is 5.26 Å². The monoisotopic (exact) mass is 196 g/mol. The molecule has 0 aromatic rings. The maximum absolute atomic E-state index is 11.8. The van der Waals surface area contributed by atoms with Crippen LogP contribution >= 0.6 is 0 Å². The summed E-state index contributed by atoms with van der Waals surface area (Å²) in [5.74, 6) is -0.0431.